The summed E-state index contributed by atoms with van der Waals surface area (Å²) in [6, 6.07) is 11.7. The summed E-state index contributed by atoms with van der Waals surface area (Å²) < 4.78 is 37.0. The third-order valence-corrected chi connectivity index (χ3v) is 7.35. The molecule has 3 rings (SSSR count). The van der Waals surface area contributed by atoms with Crippen LogP contribution in [0.2, 0.25) is 5.02 Å². The number of methoxy groups -OCH3 is 2. The number of rotatable bonds is 5. The molecule has 2 aromatic carbocycles. The average molecular weight is 466 g/mol. The molecule has 1 saturated heterocycles. The number of hydrogen-bond acceptors (Lipinski definition) is 7. The zero-order valence-electron chi connectivity index (χ0n) is 17.0. The zero-order chi connectivity index (χ0) is 23.0. The molecule has 1 aliphatic rings. The van der Waals surface area contributed by atoms with Gasteiger partial charge in [-0.25, -0.2) is 22.3 Å². The predicted molar refractivity (Wildman–Crippen MR) is 111 cm³/mol. The Labute approximate surface area is 184 Å². The maximum atomic E-state index is 13.5. The SMILES string of the molecule is COC(=O)C1(C(=O)OC)[C@@H](c2ccc(Cl)cc2)CC(=O)N1S(=O)(=O)c1ccc(C)cc1. The summed E-state index contributed by atoms with van der Waals surface area (Å²) in [7, 11) is -2.60. The summed E-state index contributed by atoms with van der Waals surface area (Å²) in [5.41, 5.74) is -1.42. The van der Waals surface area contributed by atoms with E-state index in [1.165, 1.54) is 36.4 Å². The minimum Gasteiger partial charge on any atom is -0.467 e. The lowest BCUT2D eigenvalue weighted by molar-refractivity contribution is -0.169. The summed E-state index contributed by atoms with van der Waals surface area (Å²) >= 11 is 5.94. The summed E-state index contributed by atoms with van der Waals surface area (Å²) in [5, 5.41) is 0.388. The number of hydrogen-bond donors (Lipinski definition) is 0. The van der Waals surface area contributed by atoms with E-state index in [0.717, 1.165) is 19.8 Å². The van der Waals surface area contributed by atoms with Gasteiger partial charge >= 0.3 is 11.9 Å². The van der Waals surface area contributed by atoms with E-state index in [1.807, 2.05) is 0 Å². The van der Waals surface area contributed by atoms with Crippen molar-refractivity contribution in [2.24, 2.45) is 0 Å². The van der Waals surface area contributed by atoms with Crippen LogP contribution in [-0.2, 0) is 33.9 Å². The molecule has 0 saturated carbocycles. The molecule has 0 spiro atoms. The lowest BCUT2D eigenvalue weighted by atomic mass is 9.80. The lowest BCUT2D eigenvalue weighted by Gasteiger charge is -2.36. The van der Waals surface area contributed by atoms with E-state index in [1.54, 1.807) is 19.1 Å². The molecule has 10 heteroatoms. The van der Waals surface area contributed by atoms with Crippen LogP contribution in [0.5, 0.6) is 0 Å². The van der Waals surface area contributed by atoms with Gasteiger partial charge in [-0.05, 0) is 36.8 Å². The Balaban J connectivity index is 2.31. The molecule has 0 aromatic heterocycles. The topological polar surface area (TPSA) is 107 Å². The van der Waals surface area contributed by atoms with Crippen molar-refractivity contribution < 1.29 is 32.3 Å². The Morgan fingerprint density at radius 2 is 1.52 bits per heavy atom. The number of amides is 1. The number of nitrogens with zero attached hydrogens (tertiary/aromatic N) is 1. The summed E-state index contributed by atoms with van der Waals surface area (Å²) in [6.45, 7) is 1.77. The molecule has 1 amide bonds. The summed E-state index contributed by atoms with van der Waals surface area (Å²) in [5.74, 6) is -4.56. The third-order valence-electron chi connectivity index (χ3n) is 5.25. The highest BCUT2D eigenvalue weighted by molar-refractivity contribution is 7.89. The van der Waals surface area contributed by atoms with E-state index >= 15 is 0 Å². The molecular formula is C21H20ClNO7S. The van der Waals surface area contributed by atoms with Gasteiger partial charge < -0.3 is 9.47 Å². The summed E-state index contributed by atoms with van der Waals surface area (Å²) in [4.78, 5) is 39.0. The number of carbonyl (C=O) groups excluding carboxylic acids is 3. The predicted octanol–water partition coefficient (Wildman–Crippen LogP) is 2.44. The van der Waals surface area contributed by atoms with Crippen LogP contribution in [0.25, 0.3) is 0 Å². The number of esters is 2. The van der Waals surface area contributed by atoms with Crippen molar-refractivity contribution in [3.63, 3.8) is 0 Å². The van der Waals surface area contributed by atoms with Crippen LogP contribution in [0.15, 0.2) is 53.4 Å². The molecule has 2 aromatic rings. The van der Waals surface area contributed by atoms with Crippen molar-refractivity contribution in [2.75, 3.05) is 14.2 Å². The highest BCUT2D eigenvalue weighted by Gasteiger charge is 2.69. The Morgan fingerprint density at radius 1 is 1.00 bits per heavy atom. The number of sulfonamides is 1. The fourth-order valence-electron chi connectivity index (χ4n) is 3.78. The third kappa shape index (κ3) is 3.57. The van der Waals surface area contributed by atoms with Gasteiger partial charge in [0.15, 0.2) is 0 Å². The van der Waals surface area contributed by atoms with Crippen molar-refractivity contribution in [3.8, 4) is 0 Å². The molecule has 1 fully saturated rings. The molecule has 31 heavy (non-hydrogen) atoms. The van der Waals surface area contributed by atoms with Crippen LogP contribution >= 0.6 is 11.6 Å². The van der Waals surface area contributed by atoms with Gasteiger partial charge in [0, 0.05) is 17.4 Å². The smallest absolute Gasteiger partial charge is 0.345 e. The van der Waals surface area contributed by atoms with E-state index in [4.69, 9.17) is 21.1 Å². The Bertz CT molecular complexity index is 1110. The minimum atomic E-state index is -4.62. The molecular weight excluding hydrogens is 446 g/mol. The first-order valence-corrected chi connectivity index (χ1v) is 11.0. The molecule has 1 atom stereocenters. The van der Waals surface area contributed by atoms with Gasteiger partial charge in [0.2, 0.25) is 5.91 Å². The van der Waals surface area contributed by atoms with E-state index in [9.17, 15) is 22.8 Å². The Morgan fingerprint density at radius 3 is 2.00 bits per heavy atom. The van der Waals surface area contributed by atoms with Crippen molar-refractivity contribution in [1.82, 2.24) is 4.31 Å². The highest BCUT2D eigenvalue weighted by Crippen LogP contribution is 2.47. The van der Waals surface area contributed by atoms with Crippen LogP contribution in [0.4, 0.5) is 0 Å². The van der Waals surface area contributed by atoms with Gasteiger partial charge in [0.1, 0.15) is 0 Å². The van der Waals surface area contributed by atoms with Crippen LogP contribution in [0, 0.1) is 6.92 Å². The molecule has 0 aliphatic carbocycles. The second-order valence-electron chi connectivity index (χ2n) is 7.03. The van der Waals surface area contributed by atoms with Gasteiger partial charge in [0.25, 0.3) is 15.6 Å². The van der Waals surface area contributed by atoms with Gasteiger partial charge in [-0.3, -0.25) is 4.79 Å². The first-order valence-electron chi connectivity index (χ1n) is 9.18. The zero-order valence-corrected chi connectivity index (χ0v) is 18.6. The number of aryl methyl sites for hydroxylation is 1. The molecule has 164 valence electrons. The summed E-state index contributed by atoms with van der Waals surface area (Å²) in [6.07, 6.45) is -0.434. The maximum absolute atomic E-state index is 13.5. The normalized spacial score (nSPS) is 18.0. The molecule has 1 heterocycles. The van der Waals surface area contributed by atoms with Crippen LogP contribution < -0.4 is 0 Å². The largest absolute Gasteiger partial charge is 0.467 e. The molecule has 8 nitrogen and oxygen atoms in total. The molecule has 0 bridgehead atoms. The van der Waals surface area contributed by atoms with E-state index in [0.29, 0.717) is 14.9 Å². The molecule has 0 radical (unpaired) electrons. The van der Waals surface area contributed by atoms with Gasteiger partial charge in [0.05, 0.1) is 19.1 Å². The Kier molecular flexibility index (Phi) is 6.11. The van der Waals surface area contributed by atoms with Gasteiger partial charge in [-0.2, -0.15) is 0 Å². The highest BCUT2D eigenvalue weighted by atomic mass is 35.5. The first-order chi connectivity index (χ1) is 14.6. The fourth-order valence-corrected chi connectivity index (χ4v) is 5.60. The Hall–Kier alpha value is -2.91. The quantitative estimate of drug-likeness (QED) is 0.493. The van der Waals surface area contributed by atoms with Crippen molar-refractivity contribution in [3.05, 3.63) is 64.7 Å². The van der Waals surface area contributed by atoms with Gasteiger partial charge in [-0.1, -0.05) is 41.4 Å². The van der Waals surface area contributed by atoms with Crippen LogP contribution in [0.1, 0.15) is 23.5 Å². The molecule has 1 aliphatic heterocycles. The number of halogens is 1. The van der Waals surface area contributed by atoms with Crippen molar-refractivity contribution in [1.29, 1.82) is 0 Å². The van der Waals surface area contributed by atoms with Crippen molar-refractivity contribution in [2.45, 2.75) is 29.7 Å². The monoisotopic (exact) mass is 465 g/mol. The lowest BCUT2D eigenvalue weighted by Crippen LogP contribution is -2.62. The second-order valence-corrected chi connectivity index (χ2v) is 9.26. The first kappa shape index (κ1) is 22.8. The van der Waals surface area contributed by atoms with E-state index < -0.39 is 45.7 Å². The minimum absolute atomic E-state index is 0.250. The average Bonchev–Trinajstić information content (AvgIpc) is 3.07. The van der Waals surface area contributed by atoms with Gasteiger partial charge in [-0.15, -0.1) is 0 Å². The molecule has 0 N–H and O–H groups in total. The molecule has 0 unspecified atom stereocenters. The van der Waals surface area contributed by atoms with E-state index in [-0.39, 0.29) is 4.90 Å². The van der Waals surface area contributed by atoms with E-state index in [2.05, 4.69) is 0 Å². The van der Waals surface area contributed by atoms with Crippen molar-refractivity contribution >= 4 is 39.5 Å². The maximum Gasteiger partial charge on any atom is 0.345 e. The number of benzene rings is 2. The van der Waals surface area contributed by atoms with Crippen LogP contribution in [-0.4, -0.2) is 50.3 Å². The standard InChI is InChI=1S/C21H20ClNO7S/c1-13-4-10-16(11-5-13)31(27,28)23-18(24)12-17(14-6-8-15(22)9-7-14)21(23,19(25)29-2)20(26)30-3/h4-11,17H,12H2,1-3H3/t17-/m1/s1. The number of carbonyl (C=O) groups is 3. The second kappa shape index (κ2) is 8.32. The number of ether oxygens (including phenoxy) is 2. The van der Waals surface area contributed by atoms with Crippen LogP contribution in [0.3, 0.4) is 0 Å². The fraction of sp³-hybridized carbons (Fsp3) is 0.286.